The maximum atomic E-state index is 3.88. The summed E-state index contributed by atoms with van der Waals surface area (Å²) >= 11 is 0. The predicted molar refractivity (Wildman–Crippen MR) is 48.0 cm³/mol. The highest BCUT2D eigenvalue weighted by atomic mass is 14.0. The highest BCUT2D eigenvalue weighted by molar-refractivity contribution is 4.91. The summed E-state index contributed by atoms with van der Waals surface area (Å²) in [5.74, 6) is 0.758. The molecule has 0 aromatic rings. The van der Waals surface area contributed by atoms with Crippen molar-refractivity contribution < 1.29 is 0 Å². The molecule has 0 N–H and O–H groups in total. The second kappa shape index (κ2) is 5.28. The van der Waals surface area contributed by atoms with Crippen molar-refractivity contribution in [3.8, 4) is 0 Å². The van der Waals surface area contributed by atoms with Gasteiger partial charge in [0.1, 0.15) is 0 Å². The number of hydrogen-bond acceptors (Lipinski definition) is 0. The summed E-state index contributed by atoms with van der Waals surface area (Å²) in [5.41, 5.74) is 1.29. The number of allylic oxidation sites excluding steroid dienone is 3. The lowest BCUT2D eigenvalue weighted by Gasteiger charge is -2.06. The summed E-state index contributed by atoms with van der Waals surface area (Å²) in [4.78, 5) is 0. The molecule has 0 bridgehead atoms. The van der Waals surface area contributed by atoms with Crippen molar-refractivity contribution in [2.75, 3.05) is 0 Å². The largest absolute Gasteiger partial charge is 0.100 e. The molecule has 0 aliphatic heterocycles. The van der Waals surface area contributed by atoms with E-state index in [2.05, 4.69) is 39.5 Å². The molecule has 0 saturated heterocycles. The summed E-state index contributed by atoms with van der Waals surface area (Å²) < 4.78 is 0. The molecule has 0 aliphatic rings. The van der Waals surface area contributed by atoms with Gasteiger partial charge in [0.2, 0.25) is 0 Å². The SMILES string of the molecule is C=C(C)CC(C)CC=CC. The highest BCUT2D eigenvalue weighted by Crippen LogP contribution is 2.12. The Morgan fingerprint density at radius 1 is 1.60 bits per heavy atom. The topological polar surface area (TPSA) is 0 Å². The van der Waals surface area contributed by atoms with Gasteiger partial charge in [-0.1, -0.05) is 24.6 Å². The van der Waals surface area contributed by atoms with Gasteiger partial charge in [-0.15, -0.1) is 6.58 Å². The van der Waals surface area contributed by atoms with Crippen LogP contribution in [0.2, 0.25) is 0 Å². The van der Waals surface area contributed by atoms with Crippen LogP contribution >= 0.6 is 0 Å². The van der Waals surface area contributed by atoms with Gasteiger partial charge >= 0.3 is 0 Å². The molecule has 0 spiro atoms. The van der Waals surface area contributed by atoms with E-state index < -0.39 is 0 Å². The zero-order chi connectivity index (χ0) is 7.98. The molecule has 0 aromatic heterocycles. The molecular formula is C10H18. The van der Waals surface area contributed by atoms with E-state index in [0.717, 1.165) is 12.3 Å². The second-order valence-electron chi connectivity index (χ2n) is 3.07. The van der Waals surface area contributed by atoms with E-state index in [1.165, 1.54) is 12.0 Å². The second-order valence-corrected chi connectivity index (χ2v) is 3.07. The minimum atomic E-state index is 0.758. The lowest BCUT2D eigenvalue weighted by molar-refractivity contribution is 0.587. The average Bonchev–Trinajstić information content (AvgIpc) is 1.82. The fraction of sp³-hybridized carbons (Fsp3) is 0.600. The van der Waals surface area contributed by atoms with Crippen molar-refractivity contribution >= 4 is 0 Å². The lowest BCUT2D eigenvalue weighted by Crippen LogP contribution is -1.91. The number of rotatable bonds is 4. The summed E-state index contributed by atoms with van der Waals surface area (Å²) in [6.45, 7) is 10.3. The average molecular weight is 138 g/mol. The first-order valence-corrected chi connectivity index (χ1v) is 3.92. The first kappa shape index (κ1) is 9.48. The van der Waals surface area contributed by atoms with Crippen molar-refractivity contribution in [1.29, 1.82) is 0 Å². The van der Waals surface area contributed by atoms with E-state index in [-0.39, 0.29) is 0 Å². The molecule has 1 atom stereocenters. The quantitative estimate of drug-likeness (QED) is 0.521. The van der Waals surface area contributed by atoms with E-state index in [0.29, 0.717) is 0 Å². The molecule has 10 heavy (non-hydrogen) atoms. The van der Waals surface area contributed by atoms with Crippen molar-refractivity contribution in [2.45, 2.75) is 33.6 Å². The molecule has 0 radical (unpaired) electrons. The van der Waals surface area contributed by atoms with Gasteiger partial charge in [-0.3, -0.25) is 0 Å². The van der Waals surface area contributed by atoms with Crippen LogP contribution in [0.4, 0.5) is 0 Å². The molecule has 1 unspecified atom stereocenters. The summed E-state index contributed by atoms with van der Waals surface area (Å²) in [6.07, 6.45) is 6.66. The van der Waals surface area contributed by atoms with Gasteiger partial charge in [-0.25, -0.2) is 0 Å². The molecule has 0 amide bonds. The van der Waals surface area contributed by atoms with E-state index in [1.54, 1.807) is 0 Å². The first-order valence-electron chi connectivity index (χ1n) is 3.92. The molecule has 0 saturated carbocycles. The van der Waals surface area contributed by atoms with Crippen LogP contribution in [0.3, 0.4) is 0 Å². The Kier molecular flexibility index (Phi) is 5.00. The van der Waals surface area contributed by atoms with Crippen LogP contribution in [0.1, 0.15) is 33.6 Å². The molecule has 0 fully saturated rings. The minimum Gasteiger partial charge on any atom is -0.100 e. The predicted octanol–water partition coefficient (Wildman–Crippen LogP) is 3.55. The van der Waals surface area contributed by atoms with Crippen molar-refractivity contribution in [1.82, 2.24) is 0 Å². The molecule has 0 aromatic carbocycles. The third-order valence-electron chi connectivity index (χ3n) is 1.47. The molecule has 0 heteroatoms. The van der Waals surface area contributed by atoms with Gasteiger partial charge in [0, 0.05) is 0 Å². The zero-order valence-electron chi connectivity index (χ0n) is 7.35. The maximum absolute atomic E-state index is 3.88. The van der Waals surface area contributed by atoms with Crippen LogP contribution in [-0.4, -0.2) is 0 Å². The van der Waals surface area contributed by atoms with E-state index in [4.69, 9.17) is 0 Å². The van der Waals surface area contributed by atoms with Gasteiger partial charge in [-0.2, -0.15) is 0 Å². The van der Waals surface area contributed by atoms with Gasteiger partial charge < -0.3 is 0 Å². The smallest absolute Gasteiger partial charge is 0.0297 e. The van der Waals surface area contributed by atoms with Crippen molar-refractivity contribution in [3.05, 3.63) is 24.3 Å². The van der Waals surface area contributed by atoms with E-state index >= 15 is 0 Å². The Balaban J connectivity index is 3.43. The minimum absolute atomic E-state index is 0.758. The summed E-state index contributed by atoms with van der Waals surface area (Å²) in [6, 6.07) is 0. The van der Waals surface area contributed by atoms with Gasteiger partial charge in [0.25, 0.3) is 0 Å². The maximum Gasteiger partial charge on any atom is -0.0297 e. The fourth-order valence-corrected chi connectivity index (χ4v) is 1.05. The Morgan fingerprint density at radius 3 is 2.60 bits per heavy atom. The lowest BCUT2D eigenvalue weighted by atomic mass is 10.00. The molecular weight excluding hydrogens is 120 g/mol. The normalized spacial score (nSPS) is 13.9. The van der Waals surface area contributed by atoms with Gasteiger partial charge in [-0.05, 0) is 32.6 Å². The van der Waals surface area contributed by atoms with Gasteiger partial charge in [0.15, 0.2) is 0 Å². The zero-order valence-corrected chi connectivity index (χ0v) is 7.35. The van der Waals surface area contributed by atoms with Crippen molar-refractivity contribution in [3.63, 3.8) is 0 Å². The Labute approximate surface area is 64.6 Å². The van der Waals surface area contributed by atoms with Crippen LogP contribution in [0.25, 0.3) is 0 Å². The molecule has 58 valence electrons. The molecule has 0 heterocycles. The van der Waals surface area contributed by atoms with Crippen LogP contribution in [0.5, 0.6) is 0 Å². The summed E-state index contributed by atoms with van der Waals surface area (Å²) in [7, 11) is 0. The Bertz CT molecular complexity index is 120. The molecule has 0 nitrogen and oxygen atoms in total. The van der Waals surface area contributed by atoms with Crippen LogP contribution in [-0.2, 0) is 0 Å². The van der Waals surface area contributed by atoms with Gasteiger partial charge in [0.05, 0.1) is 0 Å². The van der Waals surface area contributed by atoms with Crippen LogP contribution < -0.4 is 0 Å². The van der Waals surface area contributed by atoms with E-state index in [9.17, 15) is 0 Å². The fourth-order valence-electron chi connectivity index (χ4n) is 1.05. The molecule has 0 aliphatic carbocycles. The summed E-state index contributed by atoms with van der Waals surface area (Å²) in [5, 5.41) is 0. The molecule has 0 rings (SSSR count). The third-order valence-corrected chi connectivity index (χ3v) is 1.47. The van der Waals surface area contributed by atoms with Crippen molar-refractivity contribution in [2.24, 2.45) is 5.92 Å². The van der Waals surface area contributed by atoms with Crippen LogP contribution in [0.15, 0.2) is 24.3 Å². The monoisotopic (exact) mass is 138 g/mol. The van der Waals surface area contributed by atoms with Crippen LogP contribution in [0, 0.1) is 5.92 Å². The number of hydrogen-bond donors (Lipinski definition) is 0. The van der Waals surface area contributed by atoms with E-state index in [1.807, 2.05) is 0 Å². The Morgan fingerprint density at radius 2 is 2.20 bits per heavy atom. The Hall–Kier alpha value is -0.520. The highest BCUT2D eigenvalue weighted by Gasteiger charge is 1.97. The standard InChI is InChI=1S/C10H18/c1-5-6-7-10(4)8-9(2)3/h5-6,10H,2,7-8H2,1,3-4H3. The first-order chi connectivity index (χ1) is 4.66. The third kappa shape index (κ3) is 5.61.